The lowest BCUT2D eigenvalue weighted by Gasteiger charge is -2.28. The molecule has 2 aromatic rings. The van der Waals surface area contributed by atoms with Crippen LogP contribution < -0.4 is 5.32 Å². The van der Waals surface area contributed by atoms with Gasteiger partial charge in [-0.2, -0.15) is 0 Å². The summed E-state index contributed by atoms with van der Waals surface area (Å²) in [6.45, 7) is 2.10. The SMILES string of the molecule is Cc1cc(Cl)ccc1NC1CCCc2ccccc21. The number of hydrogen-bond acceptors (Lipinski definition) is 1. The van der Waals surface area contributed by atoms with Gasteiger partial charge in [0.05, 0.1) is 6.04 Å². The molecule has 1 atom stereocenters. The van der Waals surface area contributed by atoms with Gasteiger partial charge in [0, 0.05) is 10.7 Å². The van der Waals surface area contributed by atoms with E-state index in [2.05, 4.69) is 42.6 Å². The number of nitrogens with one attached hydrogen (secondary N) is 1. The Morgan fingerprint density at radius 1 is 1.16 bits per heavy atom. The molecule has 2 heteroatoms. The second-order valence-corrected chi connectivity index (χ2v) is 5.68. The zero-order chi connectivity index (χ0) is 13.2. The first-order valence-electron chi connectivity index (χ1n) is 6.84. The minimum atomic E-state index is 0.421. The lowest BCUT2D eigenvalue weighted by molar-refractivity contribution is 0.600. The van der Waals surface area contributed by atoms with Crippen LogP contribution >= 0.6 is 11.6 Å². The zero-order valence-electron chi connectivity index (χ0n) is 11.1. The highest BCUT2D eigenvalue weighted by Gasteiger charge is 2.19. The Labute approximate surface area is 119 Å². The van der Waals surface area contributed by atoms with Crippen molar-refractivity contribution in [2.75, 3.05) is 5.32 Å². The predicted molar refractivity (Wildman–Crippen MR) is 81.9 cm³/mol. The first-order valence-corrected chi connectivity index (χ1v) is 7.22. The van der Waals surface area contributed by atoms with Crippen molar-refractivity contribution in [3.63, 3.8) is 0 Å². The summed E-state index contributed by atoms with van der Waals surface area (Å²) in [6.07, 6.45) is 3.65. The molecular formula is C17H18ClN. The van der Waals surface area contributed by atoms with Crippen LogP contribution in [0.15, 0.2) is 42.5 Å². The van der Waals surface area contributed by atoms with Gasteiger partial charge in [-0.15, -0.1) is 0 Å². The average molecular weight is 272 g/mol. The van der Waals surface area contributed by atoms with Gasteiger partial charge in [0.2, 0.25) is 0 Å². The van der Waals surface area contributed by atoms with Crippen molar-refractivity contribution in [3.8, 4) is 0 Å². The fourth-order valence-corrected chi connectivity index (χ4v) is 3.11. The fourth-order valence-electron chi connectivity index (χ4n) is 2.88. The lowest BCUT2D eigenvalue weighted by atomic mass is 9.87. The van der Waals surface area contributed by atoms with Crippen LogP contribution in [-0.4, -0.2) is 0 Å². The fraction of sp³-hybridized carbons (Fsp3) is 0.294. The smallest absolute Gasteiger partial charge is 0.0516 e. The molecule has 3 rings (SSSR count). The summed E-state index contributed by atoms with van der Waals surface area (Å²) in [5.74, 6) is 0. The van der Waals surface area contributed by atoms with Crippen LogP contribution in [0, 0.1) is 6.92 Å². The van der Waals surface area contributed by atoms with Crippen molar-refractivity contribution in [1.29, 1.82) is 0 Å². The molecule has 19 heavy (non-hydrogen) atoms. The van der Waals surface area contributed by atoms with Gasteiger partial charge in [0.25, 0.3) is 0 Å². The van der Waals surface area contributed by atoms with E-state index in [1.54, 1.807) is 0 Å². The molecule has 98 valence electrons. The van der Waals surface area contributed by atoms with Gasteiger partial charge in [-0.3, -0.25) is 0 Å². The predicted octanol–water partition coefficient (Wildman–Crippen LogP) is 5.14. The quantitative estimate of drug-likeness (QED) is 0.798. The molecule has 1 aliphatic carbocycles. The third kappa shape index (κ3) is 2.62. The minimum absolute atomic E-state index is 0.421. The van der Waals surface area contributed by atoms with Crippen LogP contribution in [0.3, 0.4) is 0 Å². The summed E-state index contributed by atoms with van der Waals surface area (Å²) in [5.41, 5.74) is 5.32. The number of hydrogen-bond donors (Lipinski definition) is 1. The Morgan fingerprint density at radius 2 is 2.00 bits per heavy atom. The topological polar surface area (TPSA) is 12.0 Å². The molecule has 0 radical (unpaired) electrons. The number of fused-ring (bicyclic) bond motifs is 1. The van der Waals surface area contributed by atoms with Crippen molar-refractivity contribution >= 4 is 17.3 Å². The molecule has 0 heterocycles. The molecule has 1 N–H and O–H groups in total. The molecule has 0 saturated heterocycles. The second-order valence-electron chi connectivity index (χ2n) is 5.25. The lowest BCUT2D eigenvalue weighted by Crippen LogP contribution is -2.17. The molecule has 0 spiro atoms. The Kier molecular flexibility index (Phi) is 3.48. The molecule has 0 fully saturated rings. The highest BCUT2D eigenvalue weighted by Crippen LogP contribution is 2.33. The number of halogens is 1. The maximum Gasteiger partial charge on any atom is 0.0516 e. The van der Waals surface area contributed by atoms with E-state index in [1.165, 1.54) is 41.6 Å². The highest BCUT2D eigenvalue weighted by atomic mass is 35.5. The third-order valence-corrected chi connectivity index (χ3v) is 4.12. The summed E-state index contributed by atoms with van der Waals surface area (Å²) in [6, 6.07) is 15.2. The summed E-state index contributed by atoms with van der Waals surface area (Å²) in [7, 11) is 0. The van der Waals surface area contributed by atoms with Crippen LogP contribution in [0.25, 0.3) is 0 Å². The van der Waals surface area contributed by atoms with Gasteiger partial charge in [-0.25, -0.2) is 0 Å². The number of benzene rings is 2. The van der Waals surface area contributed by atoms with Crippen molar-refractivity contribution in [2.45, 2.75) is 32.2 Å². The van der Waals surface area contributed by atoms with Crippen LogP contribution in [-0.2, 0) is 6.42 Å². The number of aryl methyl sites for hydroxylation is 2. The first-order chi connectivity index (χ1) is 9.24. The van der Waals surface area contributed by atoms with E-state index in [-0.39, 0.29) is 0 Å². The molecule has 1 aliphatic rings. The van der Waals surface area contributed by atoms with Gasteiger partial charge in [-0.05, 0) is 61.1 Å². The molecular weight excluding hydrogens is 254 g/mol. The largest absolute Gasteiger partial charge is 0.378 e. The van der Waals surface area contributed by atoms with E-state index < -0.39 is 0 Å². The monoisotopic (exact) mass is 271 g/mol. The minimum Gasteiger partial charge on any atom is -0.378 e. The van der Waals surface area contributed by atoms with Gasteiger partial charge < -0.3 is 5.32 Å². The van der Waals surface area contributed by atoms with Crippen LogP contribution in [0.4, 0.5) is 5.69 Å². The van der Waals surface area contributed by atoms with Gasteiger partial charge in [0.15, 0.2) is 0 Å². The Hall–Kier alpha value is -1.47. The molecule has 0 saturated carbocycles. The third-order valence-electron chi connectivity index (χ3n) is 3.89. The van der Waals surface area contributed by atoms with Crippen LogP contribution in [0.2, 0.25) is 5.02 Å². The average Bonchev–Trinajstić information content (AvgIpc) is 2.42. The number of anilines is 1. The summed E-state index contributed by atoms with van der Waals surface area (Å²) < 4.78 is 0. The maximum absolute atomic E-state index is 6.01. The van der Waals surface area contributed by atoms with E-state index >= 15 is 0 Å². The summed E-state index contributed by atoms with van der Waals surface area (Å²) >= 11 is 6.01. The zero-order valence-corrected chi connectivity index (χ0v) is 11.9. The van der Waals surface area contributed by atoms with E-state index in [0.717, 1.165) is 5.02 Å². The maximum atomic E-state index is 6.01. The van der Waals surface area contributed by atoms with E-state index in [4.69, 9.17) is 11.6 Å². The van der Waals surface area contributed by atoms with E-state index in [1.807, 2.05) is 12.1 Å². The van der Waals surface area contributed by atoms with Gasteiger partial charge in [0.1, 0.15) is 0 Å². The molecule has 0 aromatic heterocycles. The Balaban J connectivity index is 1.88. The van der Waals surface area contributed by atoms with Crippen molar-refractivity contribution in [3.05, 3.63) is 64.2 Å². The van der Waals surface area contributed by atoms with Crippen molar-refractivity contribution in [1.82, 2.24) is 0 Å². The second kappa shape index (κ2) is 5.26. The molecule has 1 unspecified atom stereocenters. The van der Waals surface area contributed by atoms with E-state index in [9.17, 15) is 0 Å². The van der Waals surface area contributed by atoms with Crippen LogP contribution in [0.1, 0.15) is 35.6 Å². The van der Waals surface area contributed by atoms with Crippen molar-refractivity contribution < 1.29 is 0 Å². The molecule has 2 aromatic carbocycles. The summed E-state index contributed by atoms with van der Waals surface area (Å²) in [4.78, 5) is 0. The van der Waals surface area contributed by atoms with Crippen LogP contribution in [0.5, 0.6) is 0 Å². The van der Waals surface area contributed by atoms with Gasteiger partial charge in [-0.1, -0.05) is 35.9 Å². The normalized spacial score (nSPS) is 17.9. The molecule has 0 bridgehead atoms. The van der Waals surface area contributed by atoms with Crippen molar-refractivity contribution in [2.24, 2.45) is 0 Å². The van der Waals surface area contributed by atoms with Gasteiger partial charge >= 0.3 is 0 Å². The molecule has 0 aliphatic heterocycles. The Bertz CT molecular complexity index is 592. The molecule has 0 amide bonds. The summed E-state index contributed by atoms with van der Waals surface area (Å²) in [5, 5.41) is 4.47. The van der Waals surface area contributed by atoms with E-state index in [0.29, 0.717) is 6.04 Å². The number of rotatable bonds is 2. The first kappa shape index (κ1) is 12.6. The Morgan fingerprint density at radius 3 is 2.84 bits per heavy atom. The standard InChI is InChI=1S/C17H18ClN/c1-12-11-14(18)9-10-16(12)19-17-8-4-6-13-5-2-3-7-15(13)17/h2-3,5,7,9-11,17,19H,4,6,8H2,1H3. The molecule has 1 nitrogen and oxygen atoms in total. The highest BCUT2D eigenvalue weighted by molar-refractivity contribution is 6.30.